The molecular weight excluding hydrogens is 615 g/mol. The van der Waals surface area contributed by atoms with Crippen LogP contribution in [0.15, 0.2) is 176 Å². The van der Waals surface area contributed by atoms with Crippen LogP contribution in [0.25, 0.3) is 87.7 Å². The van der Waals surface area contributed by atoms with Crippen LogP contribution in [-0.2, 0) is 0 Å². The molecule has 49 heavy (non-hydrogen) atoms. The van der Waals surface area contributed by atoms with Crippen molar-refractivity contribution >= 4 is 31.5 Å². The molecule has 0 bridgehead atoms. The van der Waals surface area contributed by atoms with Crippen molar-refractivity contribution in [3.8, 4) is 67.5 Å². The lowest BCUT2D eigenvalue weighted by atomic mass is 9.97. The van der Waals surface area contributed by atoms with Crippen molar-refractivity contribution in [3.05, 3.63) is 176 Å². The maximum absolute atomic E-state index is 5.14. The van der Waals surface area contributed by atoms with Gasteiger partial charge in [-0.25, -0.2) is 15.0 Å². The van der Waals surface area contributed by atoms with Gasteiger partial charge in [-0.05, 0) is 51.6 Å². The first-order valence-corrected chi connectivity index (χ1v) is 17.2. The predicted octanol–water partition coefficient (Wildman–Crippen LogP) is 12.2. The van der Waals surface area contributed by atoms with E-state index in [0.29, 0.717) is 17.5 Å². The van der Waals surface area contributed by atoms with Gasteiger partial charge < -0.3 is 0 Å². The molecule has 9 aromatic rings. The lowest BCUT2D eigenvalue weighted by molar-refractivity contribution is 1.08. The van der Waals surface area contributed by atoms with Crippen LogP contribution in [0.4, 0.5) is 0 Å². The largest absolute Gasteiger partial charge is 0.208 e. The Morgan fingerprint density at radius 2 is 0.755 bits per heavy atom. The second kappa shape index (κ2) is 12.4. The zero-order valence-corrected chi connectivity index (χ0v) is 27.3. The average molecular weight is 644 g/mol. The van der Waals surface area contributed by atoms with Crippen LogP contribution in [0.1, 0.15) is 0 Å². The number of benzene rings is 7. The van der Waals surface area contributed by atoms with Crippen molar-refractivity contribution < 1.29 is 0 Å². The van der Waals surface area contributed by atoms with E-state index in [9.17, 15) is 0 Å². The Balaban J connectivity index is 1.09. The summed E-state index contributed by atoms with van der Waals surface area (Å²) < 4.78 is 2.48. The van der Waals surface area contributed by atoms with Crippen molar-refractivity contribution in [2.45, 2.75) is 0 Å². The molecule has 7 aromatic carbocycles. The number of hydrogen-bond acceptors (Lipinski definition) is 4. The zero-order valence-electron chi connectivity index (χ0n) is 26.5. The van der Waals surface area contributed by atoms with Gasteiger partial charge in [0.2, 0.25) is 0 Å². The first kappa shape index (κ1) is 29.0. The molecule has 0 unspecified atom stereocenters. The summed E-state index contributed by atoms with van der Waals surface area (Å²) in [5.41, 5.74) is 9.98. The molecule has 2 aromatic heterocycles. The molecule has 9 rings (SSSR count). The second-order valence-electron chi connectivity index (χ2n) is 12.1. The SMILES string of the molecule is c1ccc(-c2ccc(-c3ccc(-c4cccc(-c5nc(-c6ccccc6)nc(-c6cccc7sc8ccccc8c67)n5)c4)cc3)cc2)cc1. The van der Waals surface area contributed by atoms with Gasteiger partial charge in [0.05, 0.1) is 0 Å². The van der Waals surface area contributed by atoms with E-state index in [4.69, 9.17) is 15.0 Å². The number of hydrogen-bond donors (Lipinski definition) is 0. The highest BCUT2D eigenvalue weighted by Crippen LogP contribution is 2.40. The van der Waals surface area contributed by atoms with E-state index in [2.05, 4.69) is 152 Å². The monoisotopic (exact) mass is 643 g/mol. The number of fused-ring (bicyclic) bond motifs is 3. The lowest BCUT2D eigenvalue weighted by Crippen LogP contribution is -2.00. The fraction of sp³-hybridized carbons (Fsp3) is 0. The fourth-order valence-corrected chi connectivity index (χ4v) is 7.61. The average Bonchev–Trinajstić information content (AvgIpc) is 3.58. The van der Waals surface area contributed by atoms with Crippen LogP contribution in [0, 0.1) is 0 Å². The van der Waals surface area contributed by atoms with Crippen LogP contribution in [-0.4, -0.2) is 15.0 Å². The third-order valence-corrected chi connectivity index (χ3v) is 10.1. The maximum Gasteiger partial charge on any atom is 0.164 e. The zero-order chi connectivity index (χ0) is 32.6. The molecule has 0 atom stereocenters. The Bertz CT molecular complexity index is 2570. The summed E-state index contributed by atoms with van der Waals surface area (Å²) in [6, 6.07) is 61.6. The van der Waals surface area contributed by atoms with Gasteiger partial charge in [0.1, 0.15) is 0 Å². The Hall–Kier alpha value is -6.23. The van der Waals surface area contributed by atoms with Crippen molar-refractivity contribution in [1.29, 1.82) is 0 Å². The van der Waals surface area contributed by atoms with Gasteiger partial charge in [0, 0.05) is 36.9 Å². The van der Waals surface area contributed by atoms with Gasteiger partial charge in [-0.1, -0.05) is 158 Å². The second-order valence-corrected chi connectivity index (χ2v) is 13.1. The van der Waals surface area contributed by atoms with E-state index in [1.54, 1.807) is 11.3 Å². The van der Waals surface area contributed by atoms with E-state index >= 15 is 0 Å². The maximum atomic E-state index is 5.14. The van der Waals surface area contributed by atoms with Crippen molar-refractivity contribution in [3.63, 3.8) is 0 Å². The summed E-state index contributed by atoms with van der Waals surface area (Å²) in [5, 5.41) is 2.40. The lowest BCUT2D eigenvalue weighted by Gasteiger charge is -2.11. The molecule has 0 saturated heterocycles. The van der Waals surface area contributed by atoms with E-state index in [0.717, 1.165) is 27.8 Å². The molecule has 0 fully saturated rings. The van der Waals surface area contributed by atoms with Gasteiger partial charge in [-0.2, -0.15) is 0 Å². The molecule has 0 amide bonds. The van der Waals surface area contributed by atoms with Crippen LogP contribution in [0.3, 0.4) is 0 Å². The number of thiophene rings is 1. The first-order chi connectivity index (χ1) is 24.3. The molecule has 230 valence electrons. The molecule has 0 aliphatic heterocycles. The molecular formula is C45H29N3S. The van der Waals surface area contributed by atoms with E-state index in [1.807, 2.05) is 24.3 Å². The van der Waals surface area contributed by atoms with Crippen molar-refractivity contribution in [2.75, 3.05) is 0 Å². The highest BCUT2D eigenvalue weighted by atomic mass is 32.1. The smallest absolute Gasteiger partial charge is 0.164 e. The normalized spacial score (nSPS) is 11.3. The quantitative estimate of drug-likeness (QED) is 0.181. The fourth-order valence-electron chi connectivity index (χ4n) is 6.48. The van der Waals surface area contributed by atoms with Gasteiger partial charge >= 0.3 is 0 Å². The molecule has 0 radical (unpaired) electrons. The minimum absolute atomic E-state index is 0.650. The van der Waals surface area contributed by atoms with Crippen LogP contribution in [0.5, 0.6) is 0 Å². The van der Waals surface area contributed by atoms with Gasteiger partial charge in [0.15, 0.2) is 17.5 Å². The summed E-state index contributed by atoms with van der Waals surface area (Å²) in [7, 11) is 0. The summed E-state index contributed by atoms with van der Waals surface area (Å²) in [5.74, 6) is 1.98. The number of rotatable bonds is 6. The molecule has 0 aliphatic carbocycles. The van der Waals surface area contributed by atoms with E-state index in [1.165, 1.54) is 42.4 Å². The Kier molecular flexibility index (Phi) is 7.34. The molecule has 0 N–H and O–H groups in total. The minimum Gasteiger partial charge on any atom is -0.208 e. The van der Waals surface area contributed by atoms with Gasteiger partial charge in [-0.3, -0.25) is 0 Å². The van der Waals surface area contributed by atoms with Crippen LogP contribution >= 0.6 is 11.3 Å². The summed E-state index contributed by atoms with van der Waals surface area (Å²) in [6.07, 6.45) is 0. The minimum atomic E-state index is 0.650. The van der Waals surface area contributed by atoms with Gasteiger partial charge in [0.25, 0.3) is 0 Å². The van der Waals surface area contributed by atoms with Crippen molar-refractivity contribution in [2.24, 2.45) is 0 Å². The highest BCUT2D eigenvalue weighted by Gasteiger charge is 2.17. The Morgan fingerprint density at radius 3 is 1.43 bits per heavy atom. The van der Waals surface area contributed by atoms with Crippen LogP contribution < -0.4 is 0 Å². The van der Waals surface area contributed by atoms with Gasteiger partial charge in [-0.15, -0.1) is 11.3 Å². The molecule has 0 spiro atoms. The highest BCUT2D eigenvalue weighted by molar-refractivity contribution is 7.25. The summed E-state index contributed by atoms with van der Waals surface area (Å²) in [6.45, 7) is 0. The number of aromatic nitrogens is 3. The van der Waals surface area contributed by atoms with Crippen molar-refractivity contribution in [1.82, 2.24) is 15.0 Å². The van der Waals surface area contributed by atoms with Crippen LogP contribution in [0.2, 0.25) is 0 Å². The molecule has 4 heteroatoms. The first-order valence-electron chi connectivity index (χ1n) is 16.4. The summed E-state index contributed by atoms with van der Waals surface area (Å²) in [4.78, 5) is 15.2. The molecule has 3 nitrogen and oxygen atoms in total. The Labute approximate surface area is 288 Å². The molecule has 0 aliphatic rings. The van der Waals surface area contributed by atoms with E-state index < -0.39 is 0 Å². The van der Waals surface area contributed by atoms with E-state index in [-0.39, 0.29) is 0 Å². The topological polar surface area (TPSA) is 38.7 Å². The molecule has 2 heterocycles. The third kappa shape index (κ3) is 5.58. The number of nitrogens with zero attached hydrogens (tertiary/aromatic N) is 3. The third-order valence-electron chi connectivity index (χ3n) is 8.98. The summed E-state index contributed by atoms with van der Waals surface area (Å²) >= 11 is 1.80. The standard InChI is InChI=1S/C45H29N3S/c1-3-11-30(12-4-1)31-21-23-32(24-22-31)33-25-27-34(28-26-33)36-15-9-16-37(29-36)44-46-43(35-13-5-2-6-14-35)47-45(48-44)39-18-10-20-41-42(39)38-17-7-8-19-40(38)49-41/h1-29H. The molecule has 0 saturated carbocycles. The predicted molar refractivity (Wildman–Crippen MR) is 205 cm³/mol. The Morgan fingerprint density at radius 1 is 0.306 bits per heavy atom.